The van der Waals surface area contributed by atoms with Gasteiger partial charge in [-0.2, -0.15) is 0 Å². The van der Waals surface area contributed by atoms with E-state index in [0.29, 0.717) is 17.1 Å². The molecule has 3 rings (SSSR count). The molecule has 3 aromatic rings. The molecule has 0 saturated heterocycles. The van der Waals surface area contributed by atoms with Crippen LogP contribution >= 0.6 is 11.8 Å². The molecule has 0 spiro atoms. The zero-order chi connectivity index (χ0) is 16.2. The number of hydrogen-bond donors (Lipinski definition) is 1. The minimum absolute atomic E-state index is 0.0193. The van der Waals surface area contributed by atoms with Crippen LogP contribution in [0.1, 0.15) is 10.4 Å². The van der Waals surface area contributed by atoms with Gasteiger partial charge in [-0.15, -0.1) is 11.8 Å². The van der Waals surface area contributed by atoms with E-state index >= 15 is 0 Å². The van der Waals surface area contributed by atoms with Crippen molar-refractivity contribution in [2.24, 2.45) is 0 Å². The lowest BCUT2D eigenvalue weighted by molar-refractivity contribution is 0.102. The van der Waals surface area contributed by atoms with E-state index in [-0.39, 0.29) is 11.5 Å². The van der Waals surface area contributed by atoms with Gasteiger partial charge in [-0.1, -0.05) is 18.2 Å². The van der Waals surface area contributed by atoms with Gasteiger partial charge in [0.15, 0.2) is 17.3 Å². The third-order valence-corrected chi connectivity index (χ3v) is 4.54. The number of phenols is 1. The number of para-hydroxylation sites is 1. The lowest BCUT2D eigenvalue weighted by atomic mass is 10.1. The number of thioether (sulfide) groups is 1. The summed E-state index contributed by atoms with van der Waals surface area (Å²) in [7, 11) is 1.46. The fourth-order valence-electron chi connectivity index (χ4n) is 2.27. The van der Waals surface area contributed by atoms with Crippen molar-refractivity contribution in [1.29, 1.82) is 0 Å². The predicted molar refractivity (Wildman–Crippen MR) is 91.5 cm³/mol. The Morgan fingerprint density at radius 3 is 2.87 bits per heavy atom. The standard InChI is InChI=1S/C18H15NO3S/c1-22-17-10-12(6-7-15(17)20)16(21)11-23-18-8-9-19-14-5-3-2-4-13(14)18/h2-10,20H,11H2,1H3. The summed E-state index contributed by atoms with van der Waals surface area (Å²) in [5.74, 6) is 0.614. The number of ketones is 1. The maximum Gasteiger partial charge on any atom is 0.173 e. The Morgan fingerprint density at radius 1 is 1.22 bits per heavy atom. The van der Waals surface area contributed by atoms with Crippen LogP contribution in [0.25, 0.3) is 10.9 Å². The van der Waals surface area contributed by atoms with E-state index in [9.17, 15) is 9.90 Å². The van der Waals surface area contributed by atoms with Crippen LogP contribution in [0, 0.1) is 0 Å². The molecule has 2 aromatic carbocycles. The van der Waals surface area contributed by atoms with Gasteiger partial charge in [-0.25, -0.2) is 0 Å². The zero-order valence-electron chi connectivity index (χ0n) is 12.5. The molecule has 1 aromatic heterocycles. The van der Waals surface area contributed by atoms with E-state index in [0.717, 1.165) is 15.8 Å². The van der Waals surface area contributed by atoms with Crippen LogP contribution in [0.2, 0.25) is 0 Å². The number of pyridine rings is 1. The quantitative estimate of drug-likeness (QED) is 0.569. The van der Waals surface area contributed by atoms with E-state index in [4.69, 9.17) is 4.74 Å². The van der Waals surface area contributed by atoms with Crippen LogP contribution < -0.4 is 4.74 Å². The minimum Gasteiger partial charge on any atom is -0.504 e. The molecule has 0 aliphatic carbocycles. The maximum atomic E-state index is 12.4. The summed E-state index contributed by atoms with van der Waals surface area (Å²) in [4.78, 5) is 17.7. The van der Waals surface area contributed by atoms with E-state index in [1.807, 2.05) is 30.3 Å². The smallest absolute Gasteiger partial charge is 0.173 e. The topological polar surface area (TPSA) is 59.4 Å². The summed E-state index contributed by atoms with van der Waals surface area (Å²) in [6, 6.07) is 14.4. The van der Waals surface area contributed by atoms with Crippen LogP contribution in [-0.2, 0) is 0 Å². The molecule has 0 fully saturated rings. The monoisotopic (exact) mass is 325 g/mol. The first-order chi connectivity index (χ1) is 11.2. The summed E-state index contributed by atoms with van der Waals surface area (Å²) in [6.45, 7) is 0. The Balaban J connectivity index is 1.78. The second kappa shape index (κ2) is 6.71. The molecule has 0 aliphatic heterocycles. The number of nitrogens with zero attached hydrogens (tertiary/aromatic N) is 1. The minimum atomic E-state index is -0.0193. The van der Waals surface area contributed by atoms with Crippen molar-refractivity contribution in [3.8, 4) is 11.5 Å². The molecule has 0 saturated carbocycles. The number of ether oxygens (including phenoxy) is 1. The Bertz CT molecular complexity index is 859. The molecular formula is C18H15NO3S. The van der Waals surface area contributed by atoms with Gasteiger partial charge in [0.2, 0.25) is 0 Å². The Labute approximate surface area is 138 Å². The molecule has 0 unspecified atom stereocenters. The highest BCUT2D eigenvalue weighted by atomic mass is 32.2. The number of aromatic hydroxyl groups is 1. The van der Waals surface area contributed by atoms with Crippen LogP contribution in [-0.4, -0.2) is 28.7 Å². The fraction of sp³-hybridized carbons (Fsp3) is 0.111. The third kappa shape index (κ3) is 3.29. The lowest BCUT2D eigenvalue weighted by Gasteiger charge is -2.07. The van der Waals surface area contributed by atoms with Crippen molar-refractivity contribution in [3.05, 3.63) is 60.3 Å². The highest BCUT2D eigenvalue weighted by Crippen LogP contribution is 2.29. The van der Waals surface area contributed by atoms with Gasteiger partial charge in [0.05, 0.1) is 18.4 Å². The van der Waals surface area contributed by atoms with Gasteiger partial charge in [0, 0.05) is 22.0 Å². The molecule has 0 radical (unpaired) electrons. The summed E-state index contributed by atoms with van der Waals surface area (Å²) in [6.07, 6.45) is 1.75. The van der Waals surface area contributed by atoms with Gasteiger partial charge >= 0.3 is 0 Å². The van der Waals surface area contributed by atoms with Crippen LogP contribution in [0.4, 0.5) is 0 Å². The maximum absolute atomic E-state index is 12.4. The van der Waals surface area contributed by atoms with Gasteiger partial charge in [0.1, 0.15) is 0 Å². The molecule has 0 bridgehead atoms. The first-order valence-electron chi connectivity index (χ1n) is 7.06. The van der Waals surface area contributed by atoms with Crippen molar-refractivity contribution in [1.82, 2.24) is 4.98 Å². The van der Waals surface area contributed by atoms with Crippen molar-refractivity contribution < 1.29 is 14.6 Å². The number of aromatic nitrogens is 1. The summed E-state index contributed by atoms with van der Waals surface area (Å²) >= 11 is 1.48. The van der Waals surface area contributed by atoms with E-state index < -0.39 is 0 Å². The van der Waals surface area contributed by atoms with E-state index in [2.05, 4.69) is 4.98 Å². The zero-order valence-corrected chi connectivity index (χ0v) is 13.3. The molecule has 4 nitrogen and oxygen atoms in total. The SMILES string of the molecule is COc1cc(C(=O)CSc2ccnc3ccccc23)ccc1O. The molecule has 0 amide bonds. The predicted octanol–water partition coefficient (Wildman–Crippen LogP) is 3.92. The normalized spacial score (nSPS) is 10.7. The highest BCUT2D eigenvalue weighted by molar-refractivity contribution is 8.00. The second-order valence-electron chi connectivity index (χ2n) is 4.92. The van der Waals surface area contributed by atoms with Crippen molar-refractivity contribution in [3.63, 3.8) is 0 Å². The summed E-state index contributed by atoms with van der Waals surface area (Å²) < 4.78 is 5.04. The largest absolute Gasteiger partial charge is 0.504 e. The molecule has 116 valence electrons. The Hall–Kier alpha value is -2.53. The third-order valence-electron chi connectivity index (χ3n) is 3.47. The number of phenolic OH excluding ortho intramolecular Hbond substituents is 1. The number of fused-ring (bicyclic) bond motifs is 1. The lowest BCUT2D eigenvalue weighted by Crippen LogP contribution is -2.02. The van der Waals surface area contributed by atoms with Gasteiger partial charge in [-0.05, 0) is 30.3 Å². The molecule has 23 heavy (non-hydrogen) atoms. The van der Waals surface area contributed by atoms with Crippen molar-refractivity contribution in [2.45, 2.75) is 4.90 Å². The Kier molecular flexibility index (Phi) is 4.48. The molecule has 0 aliphatic rings. The molecule has 0 atom stereocenters. The number of benzene rings is 2. The fourth-order valence-corrected chi connectivity index (χ4v) is 3.21. The van der Waals surface area contributed by atoms with Crippen LogP contribution in [0.5, 0.6) is 11.5 Å². The number of carbonyl (C=O) groups excluding carboxylic acids is 1. The number of rotatable bonds is 5. The number of carbonyl (C=O) groups is 1. The second-order valence-corrected chi connectivity index (χ2v) is 5.94. The highest BCUT2D eigenvalue weighted by Gasteiger charge is 2.11. The van der Waals surface area contributed by atoms with E-state index in [1.165, 1.54) is 24.9 Å². The molecule has 1 heterocycles. The number of Topliss-reactive ketones (excluding diaryl/α,β-unsaturated/α-hetero) is 1. The van der Waals surface area contributed by atoms with Crippen molar-refractivity contribution >= 4 is 28.4 Å². The van der Waals surface area contributed by atoms with Gasteiger partial charge in [0.25, 0.3) is 0 Å². The van der Waals surface area contributed by atoms with Crippen LogP contribution in [0.3, 0.4) is 0 Å². The van der Waals surface area contributed by atoms with Crippen LogP contribution in [0.15, 0.2) is 59.6 Å². The van der Waals surface area contributed by atoms with Gasteiger partial charge < -0.3 is 9.84 Å². The van der Waals surface area contributed by atoms with Gasteiger partial charge in [-0.3, -0.25) is 9.78 Å². The average molecular weight is 325 g/mol. The first kappa shape index (κ1) is 15.4. The number of hydrogen-bond acceptors (Lipinski definition) is 5. The van der Waals surface area contributed by atoms with E-state index in [1.54, 1.807) is 18.3 Å². The molecular weight excluding hydrogens is 310 g/mol. The summed E-state index contributed by atoms with van der Waals surface area (Å²) in [5, 5.41) is 10.6. The first-order valence-corrected chi connectivity index (χ1v) is 8.04. The number of methoxy groups -OCH3 is 1. The average Bonchev–Trinajstić information content (AvgIpc) is 2.60. The molecule has 5 heteroatoms. The summed E-state index contributed by atoms with van der Waals surface area (Å²) in [5.41, 5.74) is 1.43. The van der Waals surface area contributed by atoms with Crippen molar-refractivity contribution in [2.75, 3.05) is 12.9 Å². The molecule has 1 N–H and O–H groups in total. The Morgan fingerprint density at radius 2 is 2.04 bits per heavy atom.